The van der Waals surface area contributed by atoms with Crippen molar-refractivity contribution in [2.75, 3.05) is 39.8 Å². The van der Waals surface area contributed by atoms with E-state index in [1.54, 1.807) is 12.1 Å². The average Bonchev–Trinajstić information content (AvgIpc) is 2.74. The summed E-state index contributed by atoms with van der Waals surface area (Å²) in [5, 5.41) is 0. The van der Waals surface area contributed by atoms with Gasteiger partial charge in [0, 0.05) is 32.6 Å². The minimum Gasteiger partial charge on any atom is -0.341 e. The normalized spacial score (nSPS) is 18.5. The molecular formula is C19H25N3O3. The van der Waals surface area contributed by atoms with Crippen LogP contribution in [0.25, 0.3) is 0 Å². The lowest BCUT2D eigenvalue weighted by Gasteiger charge is -2.21. The molecule has 2 aliphatic heterocycles. The molecule has 1 fully saturated rings. The van der Waals surface area contributed by atoms with Crippen LogP contribution in [0.5, 0.6) is 0 Å². The Labute approximate surface area is 148 Å². The summed E-state index contributed by atoms with van der Waals surface area (Å²) in [4.78, 5) is 42.6. The Kier molecular flexibility index (Phi) is 5.18. The lowest BCUT2D eigenvalue weighted by Crippen LogP contribution is -2.35. The third-order valence-corrected chi connectivity index (χ3v) is 4.97. The predicted molar refractivity (Wildman–Crippen MR) is 94.5 cm³/mol. The first-order valence-electron chi connectivity index (χ1n) is 8.90. The van der Waals surface area contributed by atoms with Crippen LogP contribution in [-0.2, 0) is 4.79 Å². The Balaban J connectivity index is 1.53. The minimum atomic E-state index is -0.246. The standard InChI is InChI=1S/C19H25N3O3/c1-14-6-7-15-16(13-14)19(25)22(18(15)24)10-3-5-17(23)21-9-4-8-20(2)11-12-21/h6-7,13H,3-5,8-12H2,1-2H3. The Morgan fingerprint density at radius 2 is 1.80 bits per heavy atom. The molecule has 6 heteroatoms. The molecule has 0 bridgehead atoms. The number of benzene rings is 1. The molecule has 6 nitrogen and oxygen atoms in total. The fraction of sp³-hybridized carbons (Fsp3) is 0.526. The molecule has 2 aliphatic rings. The molecule has 0 aliphatic carbocycles. The Hall–Kier alpha value is -2.21. The van der Waals surface area contributed by atoms with Crippen LogP contribution in [0.3, 0.4) is 0 Å². The number of carbonyl (C=O) groups is 3. The summed E-state index contributed by atoms with van der Waals surface area (Å²) in [6, 6.07) is 5.31. The molecule has 1 saturated heterocycles. The van der Waals surface area contributed by atoms with Gasteiger partial charge in [-0.2, -0.15) is 0 Å². The van der Waals surface area contributed by atoms with Crippen molar-refractivity contribution in [1.29, 1.82) is 0 Å². The smallest absolute Gasteiger partial charge is 0.261 e. The molecule has 25 heavy (non-hydrogen) atoms. The van der Waals surface area contributed by atoms with Crippen LogP contribution < -0.4 is 0 Å². The molecule has 0 N–H and O–H groups in total. The summed E-state index contributed by atoms with van der Waals surface area (Å²) in [6.07, 6.45) is 1.87. The van der Waals surface area contributed by atoms with Crippen LogP contribution in [0.15, 0.2) is 18.2 Å². The molecular weight excluding hydrogens is 318 g/mol. The second-order valence-corrected chi connectivity index (χ2v) is 6.95. The molecule has 0 radical (unpaired) electrons. The van der Waals surface area contributed by atoms with Crippen LogP contribution in [-0.4, -0.2) is 72.2 Å². The zero-order valence-corrected chi connectivity index (χ0v) is 15.0. The van der Waals surface area contributed by atoms with Gasteiger partial charge in [0.2, 0.25) is 5.91 Å². The van der Waals surface area contributed by atoms with Gasteiger partial charge in [0.25, 0.3) is 11.8 Å². The van der Waals surface area contributed by atoms with Gasteiger partial charge >= 0.3 is 0 Å². The highest BCUT2D eigenvalue weighted by atomic mass is 16.2. The van der Waals surface area contributed by atoms with Crippen molar-refractivity contribution in [3.8, 4) is 0 Å². The van der Waals surface area contributed by atoms with Crippen LogP contribution in [0.4, 0.5) is 0 Å². The van der Waals surface area contributed by atoms with Crippen molar-refractivity contribution in [1.82, 2.24) is 14.7 Å². The SMILES string of the molecule is Cc1ccc2c(c1)C(=O)N(CCCC(=O)N1CCCN(C)CC1)C2=O. The fourth-order valence-corrected chi connectivity index (χ4v) is 3.45. The highest BCUT2D eigenvalue weighted by molar-refractivity contribution is 6.21. The number of nitrogens with zero attached hydrogens (tertiary/aromatic N) is 3. The summed E-state index contributed by atoms with van der Waals surface area (Å²) in [5.41, 5.74) is 1.91. The first-order chi connectivity index (χ1) is 12.0. The number of amides is 3. The number of fused-ring (bicyclic) bond motifs is 1. The van der Waals surface area contributed by atoms with Gasteiger partial charge in [0.05, 0.1) is 11.1 Å². The topological polar surface area (TPSA) is 60.9 Å². The third-order valence-electron chi connectivity index (χ3n) is 4.97. The Morgan fingerprint density at radius 1 is 1.04 bits per heavy atom. The van der Waals surface area contributed by atoms with Gasteiger partial charge in [0.1, 0.15) is 0 Å². The number of carbonyl (C=O) groups excluding carboxylic acids is 3. The summed E-state index contributed by atoms with van der Waals surface area (Å²) in [6.45, 7) is 5.64. The fourth-order valence-electron chi connectivity index (χ4n) is 3.45. The van der Waals surface area contributed by atoms with Crippen molar-refractivity contribution >= 4 is 17.7 Å². The number of hydrogen-bond donors (Lipinski definition) is 0. The van der Waals surface area contributed by atoms with E-state index in [-0.39, 0.29) is 17.7 Å². The zero-order chi connectivity index (χ0) is 18.0. The van der Waals surface area contributed by atoms with E-state index in [1.165, 1.54) is 4.90 Å². The van der Waals surface area contributed by atoms with Gasteiger partial charge in [-0.05, 0) is 45.5 Å². The first-order valence-corrected chi connectivity index (χ1v) is 8.90. The lowest BCUT2D eigenvalue weighted by atomic mass is 10.1. The van der Waals surface area contributed by atoms with Gasteiger partial charge in [0.15, 0.2) is 0 Å². The predicted octanol–water partition coefficient (Wildman–Crippen LogP) is 1.54. The maximum Gasteiger partial charge on any atom is 0.261 e. The van der Waals surface area contributed by atoms with Gasteiger partial charge in [-0.3, -0.25) is 19.3 Å². The van der Waals surface area contributed by atoms with Gasteiger partial charge in [-0.1, -0.05) is 11.6 Å². The maximum absolute atomic E-state index is 12.4. The Bertz CT molecular complexity index is 701. The highest BCUT2D eigenvalue weighted by Crippen LogP contribution is 2.24. The van der Waals surface area contributed by atoms with Crippen LogP contribution in [0.2, 0.25) is 0 Å². The van der Waals surface area contributed by atoms with E-state index in [0.717, 1.165) is 38.2 Å². The number of imide groups is 1. The Morgan fingerprint density at radius 3 is 2.60 bits per heavy atom. The highest BCUT2D eigenvalue weighted by Gasteiger charge is 2.35. The molecule has 3 rings (SSSR count). The molecule has 0 saturated carbocycles. The molecule has 1 aromatic rings. The number of rotatable bonds is 4. The van der Waals surface area contributed by atoms with E-state index in [4.69, 9.17) is 0 Å². The van der Waals surface area contributed by atoms with Crippen molar-refractivity contribution in [3.63, 3.8) is 0 Å². The van der Waals surface area contributed by atoms with Crippen LogP contribution in [0.1, 0.15) is 45.5 Å². The van der Waals surface area contributed by atoms with Crippen molar-refractivity contribution in [2.45, 2.75) is 26.2 Å². The van der Waals surface area contributed by atoms with E-state index >= 15 is 0 Å². The molecule has 134 valence electrons. The van der Waals surface area contributed by atoms with Gasteiger partial charge in [-0.25, -0.2) is 0 Å². The van der Waals surface area contributed by atoms with E-state index in [9.17, 15) is 14.4 Å². The molecule has 0 atom stereocenters. The quantitative estimate of drug-likeness (QED) is 0.778. The van der Waals surface area contributed by atoms with E-state index in [0.29, 0.717) is 30.5 Å². The van der Waals surface area contributed by atoms with E-state index < -0.39 is 0 Å². The summed E-state index contributed by atoms with van der Waals surface area (Å²) < 4.78 is 0. The van der Waals surface area contributed by atoms with Gasteiger partial charge in [-0.15, -0.1) is 0 Å². The third kappa shape index (κ3) is 3.74. The second kappa shape index (κ2) is 7.35. The molecule has 0 aromatic heterocycles. The van der Waals surface area contributed by atoms with Crippen molar-refractivity contribution < 1.29 is 14.4 Å². The van der Waals surface area contributed by atoms with Crippen molar-refractivity contribution in [3.05, 3.63) is 34.9 Å². The number of likely N-dealkylation sites (N-methyl/N-ethyl adjacent to an activating group) is 1. The lowest BCUT2D eigenvalue weighted by molar-refractivity contribution is -0.131. The second-order valence-electron chi connectivity index (χ2n) is 6.95. The number of hydrogen-bond acceptors (Lipinski definition) is 4. The van der Waals surface area contributed by atoms with Gasteiger partial charge < -0.3 is 9.80 Å². The average molecular weight is 343 g/mol. The summed E-state index contributed by atoms with van der Waals surface area (Å²) in [5.74, 6) is -0.376. The minimum absolute atomic E-state index is 0.114. The molecule has 0 unspecified atom stereocenters. The van der Waals surface area contributed by atoms with Crippen LogP contribution in [0, 0.1) is 6.92 Å². The molecule has 0 spiro atoms. The largest absolute Gasteiger partial charge is 0.341 e. The maximum atomic E-state index is 12.4. The molecule has 2 heterocycles. The first kappa shape index (κ1) is 17.6. The van der Waals surface area contributed by atoms with E-state index in [2.05, 4.69) is 11.9 Å². The number of aryl methyl sites for hydroxylation is 1. The molecule has 1 aromatic carbocycles. The summed E-state index contributed by atoms with van der Waals surface area (Å²) >= 11 is 0. The van der Waals surface area contributed by atoms with Crippen LogP contribution >= 0.6 is 0 Å². The molecule has 3 amide bonds. The monoisotopic (exact) mass is 343 g/mol. The van der Waals surface area contributed by atoms with E-state index in [1.807, 2.05) is 17.9 Å². The zero-order valence-electron chi connectivity index (χ0n) is 15.0. The summed E-state index contributed by atoms with van der Waals surface area (Å²) in [7, 11) is 2.07. The van der Waals surface area contributed by atoms with Crippen molar-refractivity contribution in [2.24, 2.45) is 0 Å².